The minimum Gasteiger partial charge on any atom is -0.456 e. The van der Waals surface area contributed by atoms with E-state index in [-0.39, 0.29) is 12.3 Å². The minimum atomic E-state index is 0.156. The summed E-state index contributed by atoms with van der Waals surface area (Å²) in [7, 11) is 0. The second-order valence-electron chi connectivity index (χ2n) is 7.23. The van der Waals surface area contributed by atoms with Crippen LogP contribution in [-0.4, -0.2) is 13.1 Å². The molecule has 2 atom stereocenters. The summed E-state index contributed by atoms with van der Waals surface area (Å²) in [6, 6.07) is 21.0. The van der Waals surface area contributed by atoms with Gasteiger partial charge in [0.25, 0.3) is 0 Å². The van der Waals surface area contributed by atoms with Gasteiger partial charge >= 0.3 is 0 Å². The van der Waals surface area contributed by atoms with Gasteiger partial charge in [0, 0.05) is 24.2 Å². The van der Waals surface area contributed by atoms with Crippen LogP contribution in [0.1, 0.15) is 23.5 Å². The Morgan fingerprint density at radius 3 is 1.41 bits per heavy atom. The van der Waals surface area contributed by atoms with Crippen molar-refractivity contribution in [1.82, 2.24) is 21.3 Å². The highest BCUT2D eigenvalue weighted by molar-refractivity contribution is 5.65. The SMILES string of the molecule is C1=CNC(c2ccc(-c3ccc(-c4ccc(C5NC=CCN5)cc4)o3)cc2)NC1. The van der Waals surface area contributed by atoms with E-state index < -0.39 is 0 Å². The molecule has 2 unspecified atom stereocenters. The van der Waals surface area contributed by atoms with E-state index in [4.69, 9.17) is 4.42 Å². The first-order valence-corrected chi connectivity index (χ1v) is 9.96. The maximum absolute atomic E-state index is 6.14. The summed E-state index contributed by atoms with van der Waals surface area (Å²) in [5.74, 6) is 1.75. The molecule has 1 aromatic heterocycles. The largest absolute Gasteiger partial charge is 0.456 e. The Hall–Kier alpha value is -3.28. The van der Waals surface area contributed by atoms with Crippen molar-refractivity contribution >= 4 is 0 Å². The van der Waals surface area contributed by atoms with Crippen molar-refractivity contribution in [2.24, 2.45) is 0 Å². The molecule has 0 aliphatic carbocycles. The van der Waals surface area contributed by atoms with Crippen molar-refractivity contribution in [2.45, 2.75) is 12.3 Å². The van der Waals surface area contributed by atoms with Gasteiger partial charge in [0.1, 0.15) is 23.9 Å². The summed E-state index contributed by atoms with van der Waals surface area (Å²) >= 11 is 0. The van der Waals surface area contributed by atoms with E-state index in [0.717, 1.165) is 35.7 Å². The zero-order valence-electron chi connectivity index (χ0n) is 16.1. The molecule has 2 aliphatic rings. The van der Waals surface area contributed by atoms with Crippen LogP contribution in [0.4, 0.5) is 0 Å². The molecule has 2 aromatic carbocycles. The summed E-state index contributed by atoms with van der Waals surface area (Å²) in [6.07, 6.45) is 8.45. The Morgan fingerprint density at radius 1 is 0.586 bits per heavy atom. The lowest BCUT2D eigenvalue weighted by atomic mass is 10.1. The van der Waals surface area contributed by atoms with E-state index in [2.05, 4.69) is 82.0 Å². The van der Waals surface area contributed by atoms with Gasteiger partial charge in [-0.15, -0.1) is 0 Å². The molecule has 4 N–H and O–H groups in total. The zero-order valence-corrected chi connectivity index (χ0v) is 16.1. The minimum absolute atomic E-state index is 0.156. The fraction of sp³-hybridized carbons (Fsp3) is 0.167. The van der Waals surface area contributed by atoms with E-state index >= 15 is 0 Å². The lowest BCUT2D eigenvalue weighted by Gasteiger charge is -2.22. The maximum Gasteiger partial charge on any atom is 0.134 e. The summed E-state index contributed by atoms with van der Waals surface area (Å²) < 4.78 is 6.14. The molecule has 0 fully saturated rings. The third-order valence-electron chi connectivity index (χ3n) is 5.30. The molecule has 29 heavy (non-hydrogen) atoms. The second-order valence-corrected chi connectivity index (χ2v) is 7.23. The Balaban J connectivity index is 1.31. The zero-order chi connectivity index (χ0) is 19.5. The van der Waals surface area contributed by atoms with Crippen molar-refractivity contribution < 1.29 is 4.42 Å². The third-order valence-corrected chi connectivity index (χ3v) is 5.30. The van der Waals surface area contributed by atoms with E-state index in [1.165, 1.54) is 11.1 Å². The lowest BCUT2D eigenvalue weighted by molar-refractivity contribution is 0.498. The summed E-state index contributed by atoms with van der Waals surface area (Å²) in [4.78, 5) is 0. The van der Waals surface area contributed by atoms with Gasteiger partial charge in [-0.2, -0.15) is 0 Å². The number of hydrogen-bond donors (Lipinski definition) is 4. The first kappa shape index (κ1) is 17.8. The number of furan rings is 1. The van der Waals surface area contributed by atoms with Crippen LogP contribution in [0, 0.1) is 0 Å². The maximum atomic E-state index is 6.14. The van der Waals surface area contributed by atoms with Crippen molar-refractivity contribution in [3.05, 3.63) is 96.3 Å². The molecule has 5 rings (SSSR count). The molecule has 0 spiro atoms. The van der Waals surface area contributed by atoms with Crippen LogP contribution in [0.25, 0.3) is 22.6 Å². The van der Waals surface area contributed by atoms with Gasteiger partial charge in [0.05, 0.1) is 0 Å². The quantitative estimate of drug-likeness (QED) is 0.547. The molecule has 2 aliphatic heterocycles. The molecular formula is C24H24N4O. The van der Waals surface area contributed by atoms with Crippen molar-refractivity contribution in [1.29, 1.82) is 0 Å². The number of hydrogen-bond acceptors (Lipinski definition) is 5. The van der Waals surface area contributed by atoms with Gasteiger partial charge in [-0.3, -0.25) is 10.6 Å². The lowest BCUT2D eigenvalue weighted by Crippen LogP contribution is -2.34. The Bertz CT molecular complexity index is 936. The van der Waals surface area contributed by atoms with Gasteiger partial charge in [-0.05, 0) is 35.7 Å². The predicted octanol–water partition coefficient (Wildman–Crippen LogP) is 4.02. The predicted molar refractivity (Wildman–Crippen MR) is 116 cm³/mol. The Morgan fingerprint density at radius 2 is 1.03 bits per heavy atom. The molecule has 3 aromatic rings. The number of rotatable bonds is 4. The molecule has 5 nitrogen and oxygen atoms in total. The molecular weight excluding hydrogens is 360 g/mol. The average Bonchev–Trinajstić information content (AvgIpc) is 3.31. The van der Waals surface area contributed by atoms with Gasteiger partial charge < -0.3 is 15.1 Å². The number of benzene rings is 2. The van der Waals surface area contributed by atoms with E-state index in [1.54, 1.807) is 0 Å². The Labute approximate surface area is 170 Å². The van der Waals surface area contributed by atoms with Crippen molar-refractivity contribution in [2.75, 3.05) is 13.1 Å². The van der Waals surface area contributed by atoms with Crippen LogP contribution in [-0.2, 0) is 0 Å². The van der Waals surface area contributed by atoms with Crippen molar-refractivity contribution in [3.8, 4) is 22.6 Å². The van der Waals surface area contributed by atoms with Crippen LogP contribution < -0.4 is 21.3 Å². The molecule has 5 heteroatoms. The summed E-state index contributed by atoms with van der Waals surface area (Å²) in [5, 5.41) is 13.5. The van der Waals surface area contributed by atoms with E-state index in [9.17, 15) is 0 Å². The summed E-state index contributed by atoms with van der Waals surface area (Å²) in [5.41, 5.74) is 4.57. The highest BCUT2D eigenvalue weighted by Gasteiger charge is 2.13. The fourth-order valence-electron chi connectivity index (χ4n) is 3.69. The van der Waals surface area contributed by atoms with Crippen molar-refractivity contribution in [3.63, 3.8) is 0 Å². The standard InChI is InChI=1S/C24H24N4O/c1-13-25-23(26-14-1)19-7-3-17(4-8-19)21-11-12-22(29-21)18-5-9-20(10-6-18)24-27-15-2-16-28-24/h1-13,15,23-28H,14,16H2. The van der Waals surface area contributed by atoms with Gasteiger partial charge in [-0.1, -0.05) is 60.7 Å². The molecule has 0 radical (unpaired) electrons. The number of nitrogens with one attached hydrogen (secondary N) is 4. The van der Waals surface area contributed by atoms with Gasteiger partial charge in [-0.25, -0.2) is 0 Å². The molecule has 0 bridgehead atoms. The van der Waals surface area contributed by atoms with Crippen LogP contribution in [0.5, 0.6) is 0 Å². The monoisotopic (exact) mass is 384 g/mol. The summed E-state index contributed by atoms with van der Waals surface area (Å²) in [6.45, 7) is 1.76. The molecule has 0 saturated carbocycles. The van der Waals surface area contributed by atoms with Gasteiger partial charge in [0.15, 0.2) is 0 Å². The third kappa shape index (κ3) is 3.83. The van der Waals surface area contributed by atoms with E-state index in [0.29, 0.717) is 0 Å². The van der Waals surface area contributed by atoms with Crippen LogP contribution in [0.2, 0.25) is 0 Å². The molecule has 0 saturated heterocycles. The molecule has 146 valence electrons. The van der Waals surface area contributed by atoms with Gasteiger partial charge in [0.2, 0.25) is 0 Å². The average molecular weight is 384 g/mol. The fourth-order valence-corrected chi connectivity index (χ4v) is 3.69. The smallest absolute Gasteiger partial charge is 0.134 e. The highest BCUT2D eigenvalue weighted by atomic mass is 16.3. The Kier molecular flexibility index (Phi) is 4.90. The highest BCUT2D eigenvalue weighted by Crippen LogP contribution is 2.30. The normalized spacial score (nSPS) is 20.8. The van der Waals surface area contributed by atoms with Crippen LogP contribution >= 0.6 is 0 Å². The first-order chi connectivity index (χ1) is 14.4. The van der Waals surface area contributed by atoms with Crippen LogP contribution in [0.3, 0.4) is 0 Å². The molecule has 0 amide bonds. The van der Waals surface area contributed by atoms with E-state index in [1.807, 2.05) is 24.5 Å². The second kappa shape index (κ2) is 7.99. The topological polar surface area (TPSA) is 61.3 Å². The molecule has 3 heterocycles. The first-order valence-electron chi connectivity index (χ1n) is 9.96. The van der Waals surface area contributed by atoms with Crippen LogP contribution in [0.15, 0.2) is 89.6 Å².